The van der Waals surface area contributed by atoms with Crippen LogP contribution in [0.4, 0.5) is 13.2 Å². The summed E-state index contributed by atoms with van der Waals surface area (Å²) in [5.41, 5.74) is 0.0896. The van der Waals surface area contributed by atoms with Gasteiger partial charge in [0.1, 0.15) is 11.6 Å². The first-order chi connectivity index (χ1) is 7.99. The second-order valence-corrected chi connectivity index (χ2v) is 3.19. The fraction of sp³-hybridized carbons (Fsp3) is 0.0909. The zero-order chi connectivity index (χ0) is 12.5. The van der Waals surface area contributed by atoms with E-state index in [-0.39, 0.29) is 5.56 Å². The highest BCUT2D eigenvalue weighted by Gasteiger charge is 2.33. The molecule has 0 radical (unpaired) electrons. The average Bonchev–Trinajstić information content (AvgIpc) is 2.26. The van der Waals surface area contributed by atoms with Gasteiger partial charge in [-0.2, -0.15) is 5.26 Å². The molecule has 1 aromatic carbocycles. The van der Waals surface area contributed by atoms with Crippen molar-refractivity contribution in [3.05, 3.63) is 35.9 Å². The van der Waals surface area contributed by atoms with Gasteiger partial charge in [0.15, 0.2) is 0 Å². The van der Waals surface area contributed by atoms with Gasteiger partial charge < -0.3 is 4.74 Å². The van der Waals surface area contributed by atoms with Crippen LogP contribution in [0.25, 0.3) is 10.9 Å². The van der Waals surface area contributed by atoms with Crippen LogP contribution < -0.4 is 4.74 Å². The lowest BCUT2D eigenvalue weighted by Crippen LogP contribution is -2.18. The fourth-order valence-corrected chi connectivity index (χ4v) is 1.37. The van der Waals surface area contributed by atoms with Crippen molar-refractivity contribution in [3.63, 3.8) is 0 Å². The first-order valence-corrected chi connectivity index (χ1v) is 4.55. The van der Waals surface area contributed by atoms with Crippen molar-refractivity contribution in [1.29, 1.82) is 5.26 Å². The number of halogens is 3. The summed E-state index contributed by atoms with van der Waals surface area (Å²) in [6.45, 7) is 0. The molecule has 2 rings (SSSR count). The Morgan fingerprint density at radius 3 is 2.59 bits per heavy atom. The molecule has 1 heterocycles. The average molecular weight is 238 g/mol. The van der Waals surface area contributed by atoms with Gasteiger partial charge in [0.2, 0.25) is 5.88 Å². The molecule has 0 N–H and O–H groups in total. The normalized spacial score (nSPS) is 11.2. The van der Waals surface area contributed by atoms with Gasteiger partial charge in [-0.15, -0.1) is 13.2 Å². The number of alkyl halides is 3. The zero-order valence-electron chi connectivity index (χ0n) is 8.32. The number of nitriles is 1. The number of rotatable bonds is 1. The molecule has 0 aliphatic rings. The number of fused-ring (bicyclic) bond motifs is 1. The molecule has 0 saturated carbocycles. The van der Waals surface area contributed by atoms with E-state index in [0.717, 1.165) is 0 Å². The summed E-state index contributed by atoms with van der Waals surface area (Å²) in [5.74, 6) is -0.723. The molecule has 86 valence electrons. The second kappa shape index (κ2) is 3.94. The molecule has 3 nitrogen and oxygen atoms in total. The maximum Gasteiger partial charge on any atom is 0.574 e. The van der Waals surface area contributed by atoms with Crippen LogP contribution >= 0.6 is 0 Å². The Labute approximate surface area is 94.1 Å². The first-order valence-electron chi connectivity index (χ1n) is 4.55. The number of nitrogens with zero attached hydrogens (tertiary/aromatic N) is 2. The van der Waals surface area contributed by atoms with Gasteiger partial charge in [-0.05, 0) is 12.1 Å². The summed E-state index contributed by atoms with van der Waals surface area (Å²) in [6, 6.07) is 9.47. The Hall–Kier alpha value is -2.29. The lowest BCUT2D eigenvalue weighted by Gasteiger charge is -2.09. The van der Waals surface area contributed by atoms with Gasteiger partial charge in [-0.25, -0.2) is 4.98 Å². The van der Waals surface area contributed by atoms with Crippen molar-refractivity contribution in [1.82, 2.24) is 4.98 Å². The molecular weight excluding hydrogens is 233 g/mol. The maximum atomic E-state index is 12.1. The van der Waals surface area contributed by atoms with Crippen LogP contribution in [0.3, 0.4) is 0 Å². The molecule has 0 bridgehead atoms. The van der Waals surface area contributed by atoms with Crippen LogP contribution in [0, 0.1) is 11.3 Å². The topological polar surface area (TPSA) is 45.9 Å². The summed E-state index contributed by atoms with van der Waals surface area (Å²) in [5, 5.41) is 9.32. The number of benzene rings is 1. The molecule has 0 unspecified atom stereocenters. The van der Waals surface area contributed by atoms with Crippen molar-refractivity contribution in [2.75, 3.05) is 0 Å². The van der Waals surface area contributed by atoms with Gasteiger partial charge in [0, 0.05) is 5.39 Å². The van der Waals surface area contributed by atoms with Gasteiger partial charge in [0.05, 0.1) is 5.52 Å². The number of aromatic nitrogens is 1. The molecule has 17 heavy (non-hydrogen) atoms. The lowest BCUT2D eigenvalue weighted by molar-refractivity contribution is -0.276. The summed E-state index contributed by atoms with van der Waals surface area (Å²) in [4.78, 5) is 3.67. The maximum absolute atomic E-state index is 12.1. The molecule has 0 saturated heterocycles. The number of hydrogen-bond donors (Lipinski definition) is 0. The zero-order valence-corrected chi connectivity index (χ0v) is 8.32. The van der Waals surface area contributed by atoms with E-state index in [1.54, 1.807) is 30.3 Å². The molecule has 1 aromatic heterocycles. The minimum absolute atomic E-state index is 0.249. The minimum Gasteiger partial charge on any atom is -0.386 e. The third kappa shape index (κ3) is 2.45. The first kappa shape index (κ1) is 11.2. The summed E-state index contributed by atoms with van der Waals surface area (Å²) < 4.78 is 40.0. The van der Waals surface area contributed by atoms with E-state index in [2.05, 4.69) is 9.72 Å². The molecule has 6 heteroatoms. The molecule has 0 aliphatic heterocycles. The van der Waals surface area contributed by atoms with Gasteiger partial charge in [0.25, 0.3) is 0 Å². The predicted octanol–water partition coefficient (Wildman–Crippen LogP) is 3.01. The Morgan fingerprint density at radius 1 is 1.24 bits per heavy atom. The third-order valence-corrected chi connectivity index (χ3v) is 2.02. The summed E-state index contributed by atoms with van der Waals surface area (Å²) >= 11 is 0. The van der Waals surface area contributed by atoms with Gasteiger partial charge >= 0.3 is 6.36 Å². The van der Waals surface area contributed by atoms with E-state index in [1.165, 1.54) is 6.07 Å². The van der Waals surface area contributed by atoms with Crippen molar-refractivity contribution in [2.45, 2.75) is 6.36 Å². The van der Waals surface area contributed by atoms with Crippen LogP contribution in [0.15, 0.2) is 30.3 Å². The van der Waals surface area contributed by atoms with Gasteiger partial charge in [-0.1, -0.05) is 18.2 Å². The predicted molar refractivity (Wildman–Crippen MR) is 53.1 cm³/mol. The lowest BCUT2D eigenvalue weighted by atomic mass is 10.1. The Kier molecular flexibility index (Phi) is 2.60. The van der Waals surface area contributed by atoms with Crippen LogP contribution in [-0.4, -0.2) is 11.3 Å². The molecule has 0 amide bonds. The third-order valence-electron chi connectivity index (χ3n) is 2.02. The molecular formula is C11H5F3N2O. The van der Waals surface area contributed by atoms with E-state index in [0.29, 0.717) is 10.9 Å². The smallest absolute Gasteiger partial charge is 0.386 e. The van der Waals surface area contributed by atoms with Crippen LogP contribution in [0.2, 0.25) is 0 Å². The highest BCUT2D eigenvalue weighted by atomic mass is 19.4. The van der Waals surface area contributed by atoms with E-state index >= 15 is 0 Å². The van der Waals surface area contributed by atoms with Crippen LogP contribution in [-0.2, 0) is 0 Å². The van der Waals surface area contributed by atoms with E-state index in [9.17, 15) is 13.2 Å². The molecule has 0 spiro atoms. The van der Waals surface area contributed by atoms with E-state index in [1.807, 2.05) is 0 Å². The van der Waals surface area contributed by atoms with Crippen molar-refractivity contribution >= 4 is 10.9 Å². The van der Waals surface area contributed by atoms with Crippen molar-refractivity contribution in [2.24, 2.45) is 0 Å². The van der Waals surface area contributed by atoms with Crippen molar-refractivity contribution < 1.29 is 17.9 Å². The van der Waals surface area contributed by atoms with Crippen molar-refractivity contribution in [3.8, 4) is 11.9 Å². The largest absolute Gasteiger partial charge is 0.574 e. The van der Waals surface area contributed by atoms with E-state index in [4.69, 9.17) is 5.26 Å². The number of pyridine rings is 1. The standard InChI is InChI=1S/C11H5F3N2O/c12-11(13,14)17-10-8(6-15)5-7-3-1-2-4-9(7)16-10/h1-5H. The van der Waals surface area contributed by atoms with Crippen LogP contribution in [0.5, 0.6) is 5.88 Å². The highest BCUT2D eigenvalue weighted by Crippen LogP contribution is 2.26. The SMILES string of the molecule is N#Cc1cc2ccccc2nc1OC(F)(F)F. The van der Waals surface area contributed by atoms with E-state index < -0.39 is 12.2 Å². The Morgan fingerprint density at radius 2 is 1.94 bits per heavy atom. The minimum atomic E-state index is -4.86. The molecule has 0 atom stereocenters. The van der Waals surface area contributed by atoms with Crippen LogP contribution in [0.1, 0.15) is 5.56 Å². The van der Waals surface area contributed by atoms with Gasteiger partial charge in [-0.3, -0.25) is 0 Å². The quantitative estimate of drug-likeness (QED) is 0.767. The highest BCUT2D eigenvalue weighted by molar-refractivity contribution is 5.80. The summed E-state index contributed by atoms with van der Waals surface area (Å²) in [7, 11) is 0. The molecule has 2 aromatic rings. The Balaban J connectivity index is 2.58. The Bertz CT molecular complexity index is 602. The molecule has 0 aliphatic carbocycles. The number of hydrogen-bond acceptors (Lipinski definition) is 3. The molecule has 0 fully saturated rings. The number of ether oxygens (including phenoxy) is 1. The summed E-state index contributed by atoms with van der Waals surface area (Å²) in [6.07, 6.45) is -4.86. The number of para-hydroxylation sites is 1. The second-order valence-electron chi connectivity index (χ2n) is 3.19. The monoisotopic (exact) mass is 238 g/mol. The fourth-order valence-electron chi connectivity index (χ4n) is 1.37.